The fourth-order valence-corrected chi connectivity index (χ4v) is 10.6. The standard InChI is InChI=1S/C73H128O12/c1-4-7-10-13-16-19-22-25-28-31-33-36-38-41-44-47-50-53-56-59-65(74)81-62-64(83-66(75)60-57-54-51-48-45-42-40-37-34-32-29-26-23-20-17-14-11-8-5-2)63-82-73-71(69(78)68(77)70(85-73)72(79)80)84-67(76)61-58-55-52-49-46-43-39-35-30-27-24-21-18-15-12-9-6-3/h16-17,19-20,25-30,64,68-71,73,77-78H,4-15,18,21-24,31-63H2,1-3H3,(H,79,80)/b19-16-,20-17-,28-25-,29-26-,30-27-. The van der Waals surface area contributed by atoms with Crippen molar-refractivity contribution in [1.82, 2.24) is 0 Å². The van der Waals surface area contributed by atoms with Gasteiger partial charge < -0.3 is 39.0 Å². The first-order valence-electron chi connectivity index (χ1n) is 35.3. The minimum atomic E-state index is -1.91. The molecule has 0 aliphatic carbocycles. The third-order valence-electron chi connectivity index (χ3n) is 16.0. The molecule has 3 N–H and O–H groups in total. The van der Waals surface area contributed by atoms with Gasteiger partial charge in [0.25, 0.3) is 0 Å². The van der Waals surface area contributed by atoms with Crippen molar-refractivity contribution < 1.29 is 58.2 Å². The monoisotopic (exact) mass is 1200 g/mol. The summed E-state index contributed by atoms with van der Waals surface area (Å²) >= 11 is 0. The normalized spacial score (nSPS) is 17.8. The predicted octanol–water partition coefficient (Wildman–Crippen LogP) is 19.5. The number of carboxylic acid groups (broad SMARTS) is 1. The smallest absolute Gasteiger partial charge is 0.335 e. The maximum Gasteiger partial charge on any atom is 0.335 e. The Labute approximate surface area is 519 Å². The number of ether oxygens (including phenoxy) is 5. The molecule has 6 unspecified atom stereocenters. The highest BCUT2D eigenvalue weighted by Crippen LogP contribution is 2.27. The number of rotatable bonds is 61. The topological polar surface area (TPSA) is 175 Å². The lowest BCUT2D eigenvalue weighted by atomic mass is 9.98. The van der Waals surface area contributed by atoms with Crippen molar-refractivity contribution in [3.05, 3.63) is 60.8 Å². The van der Waals surface area contributed by atoms with Crippen LogP contribution in [0.4, 0.5) is 0 Å². The zero-order valence-electron chi connectivity index (χ0n) is 54.6. The molecule has 492 valence electrons. The number of allylic oxidation sites excluding steroid dienone is 10. The van der Waals surface area contributed by atoms with Gasteiger partial charge in [0.15, 0.2) is 24.6 Å². The Hall–Kier alpha value is -3.58. The maximum atomic E-state index is 13.2. The number of esters is 3. The molecule has 0 spiro atoms. The van der Waals surface area contributed by atoms with Gasteiger partial charge in [0.1, 0.15) is 18.8 Å². The van der Waals surface area contributed by atoms with Crippen molar-refractivity contribution in [2.45, 2.75) is 366 Å². The molecule has 0 aromatic rings. The highest BCUT2D eigenvalue weighted by molar-refractivity contribution is 5.74. The van der Waals surface area contributed by atoms with Crippen LogP contribution in [0.15, 0.2) is 60.8 Å². The van der Waals surface area contributed by atoms with Gasteiger partial charge in [0.2, 0.25) is 0 Å². The number of hydrogen-bond acceptors (Lipinski definition) is 11. The van der Waals surface area contributed by atoms with Gasteiger partial charge in [0, 0.05) is 19.3 Å². The molecule has 1 aliphatic rings. The lowest BCUT2D eigenvalue weighted by Crippen LogP contribution is -2.61. The van der Waals surface area contributed by atoms with Crippen LogP contribution in [-0.4, -0.2) is 89.2 Å². The zero-order chi connectivity index (χ0) is 61.7. The first-order chi connectivity index (χ1) is 41.6. The second-order valence-electron chi connectivity index (χ2n) is 24.2. The molecule has 0 bridgehead atoms. The molecule has 6 atom stereocenters. The molecular formula is C73H128O12. The second kappa shape index (κ2) is 60.7. The molecule has 12 nitrogen and oxygen atoms in total. The van der Waals surface area contributed by atoms with Crippen molar-refractivity contribution in [3.8, 4) is 0 Å². The van der Waals surface area contributed by atoms with Crippen molar-refractivity contribution in [3.63, 3.8) is 0 Å². The Morgan fingerprint density at radius 3 is 1.09 bits per heavy atom. The molecule has 0 aromatic carbocycles. The van der Waals surface area contributed by atoms with Crippen molar-refractivity contribution in [1.29, 1.82) is 0 Å². The Morgan fingerprint density at radius 1 is 0.388 bits per heavy atom. The first kappa shape index (κ1) is 79.4. The van der Waals surface area contributed by atoms with Crippen molar-refractivity contribution >= 4 is 23.9 Å². The van der Waals surface area contributed by atoms with Crippen LogP contribution in [0.25, 0.3) is 0 Å². The largest absolute Gasteiger partial charge is 0.479 e. The van der Waals surface area contributed by atoms with Crippen LogP contribution in [0.5, 0.6) is 0 Å². The fourth-order valence-electron chi connectivity index (χ4n) is 10.6. The van der Waals surface area contributed by atoms with Crippen LogP contribution < -0.4 is 0 Å². The molecule has 0 saturated carbocycles. The fraction of sp³-hybridized carbons (Fsp3) is 0.808. The van der Waals surface area contributed by atoms with Crippen LogP contribution in [0.1, 0.15) is 329 Å². The van der Waals surface area contributed by atoms with E-state index < -0.39 is 67.3 Å². The summed E-state index contributed by atoms with van der Waals surface area (Å²) in [6, 6.07) is 0. The van der Waals surface area contributed by atoms with E-state index in [0.29, 0.717) is 19.3 Å². The molecule has 1 fully saturated rings. The van der Waals surface area contributed by atoms with Gasteiger partial charge in [-0.05, 0) is 109 Å². The minimum Gasteiger partial charge on any atom is -0.479 e. The molecule has 12 heteroatoms. The molecular weight excluding hydrogens is 1070 g/mol. The Kier molecular flexibility index (Phi) is 56.7. The molecule has 1 rings (SSSR count). The van der Waals surface area contributed by atoms with Gasteiger partial charge in [-0.15, -0.1) is 0 Å². The zero-order valence-corrected chi connectivity index (χ0v) is 54.6. The van der Waals surface area contributed by atoms with E-state index in [0.717, 1.165) is 103 Å². The average molecular weight is 1200 g/mol. The Morgan fingerprint density at radius 2 is 0.706 bits per heavy atom. The third-order valence-corrected chi connectivity index (χ3v) is 16.0. The van der Waals surface area contributed by atoms with Crippen LogP contribution in [0.3, 0.4) is 0 Å². The number of unbranched alkanes of at least 4 members (excludes halogenated alkanes) is 37. The molecule has 1 aliphatic heterocycles. The summed E-state index contributed by atoms with van der Waals surface area (Å²) in [4.78, 5) is 51.5. The minimum absolute atomic E-state index is 0.0557. The number of carbonyl (C=O) groups is 4. The summed E-state index contributed by atoms with van der Waals surface area (Å²) in [5, 5.41) is 31.7. The molecule has 0 aromatic heterocycles. The van der Waals surface area contributed by atoms with E-state index in [1.807, 2.05) is 0 Å². The molecule has 0 radical (unpaired) electrons. The summed E-state index contributed by atoms with van der Waals surface area (Å²) in [6.45, 7) is 5.99. The lowest BCUT2D eigenvalue weighted by Gasteiger charge is -2.40. The Balaban J connectivity index is 2.64. The molecule has 1 saturated heterocycles. The summed E-state index contributed by atoms with van der Waals surface area (Å²) < 4.78 is 28.6. The van der Waals surface area contributed by atoms with Crippen molar-refractivity contribution in [2.75, 3.05) is 13.2 Å². The summed E-state index contributed by atoms with van der Waals surface area (Å²) in [7, 11) is 0. The van der Waals surface area contributed by atoms with Gasteiger partial charge in [-0.25, -0.2) is 4.79 Å². The van der Waals surface area contributed by atoms with Gasteiger partial charge in [-0.2, -0.15) is 0 Å². The quantitative estimate of drug-likeness (QED) is 0.0228. The highest BCUT2D eigenvalue weighted by atomic mass is 16.7. The third kappa shape index (κ3) is 50.0. The molecule has 85 heavy (non-hydrogen) atoms. The predicted molar refractivity (Wildman–Crippen MR) is 349 cm³/mol. The van der Waals surface area contributed by atoms with E-state index in [4.69, 9.17) is 23.7 Å². The van der Waals surface area contributed by atoms with E-state index in [1.54, 1.807) is 0 Å². The van der Waals surface area contributed by atoms with Crippen LogP contribution in [-0.2, 0) is 42.9 Å². The van der Waals surface area contributed by atoms with Crippen LogP contribution in [0, 0.1) is 0 Å². The number of aliphatic hydroxyl groups is 2. The van der Waals surface area contributed by atoms with E-state index in [9.17, 15) is 34.5 Å². The number of aliphatic carboxylic acids is 1. The van der Waals surface area contributed by atoms with Gasteiger partial charge >= 0.3 is 23.9 Å². The Bertz CT molecular complexity index is 1710. The van der Waals surface area contributed by atoms with Crippen LogP contribution >= 0.6 is 0 Å². The highest BCUT2D eigenvalue weighted by Gasteiger charge is 2.50. The van der Waals surface area contributed by atoms with Gasteiger partial charge in [0.05, 0.1) is 6.61 Å². The first-order valence-corrected chi connectivity index (χ1v) is 35.3. The number of carbonyl (C=O) groups excluding carboxylic acids is 3. The van der Waals surface area contributed by atoms with E-state index >= 15 is 0 Å². The van der Waals surface area contributed by atoms with E-state index in [1.165, 1.54) is 167 Å². The number of hydrogen-bond donors (Lipinski definition) is 3. The second-order valence-corrected chi connectivity index (χ2v) is 24.2. The summed E-state index contributed by atoms with van der Waals surface area (Å²) in [5.41, 5.74) is 0. The van der Waals surface area contributed by atoms with E-state index in [-0.39, 0.29) is 25.9 Å². The van der Waals surface area contributed by atoms with Gasteiger partial charge in [-0.3, -0.25) is 14.4 Å². The van der Waals surface area contributed by atoms with Crippen molar-refractivity contribution in [2.24, 2.45) is 0 Å². The summed E-state index contributed by atoms with van der Waals surface area (Å²) in [6.07, 6.45) is 64.5. The lowest BCUT2D eigenvalue weighted by molar-refractivity contribution is -0.301. The number of aliphatic hydroxyl groups excluding tert-OH is 2. The SMILES string of the molecule is CCCCC/C=C\C/C=C\CCCCCCCCCCCC(=O)OCC(COC1OC(C(=O)O)C(O)C(O)C1OC(=O)CCCCCCCCC/C=C\CCCCCCCC)OC(=O)CCCCCCCCCCC/C=C\C/C=C\CCCCC. The van der Waals surface area contributed by atoms with E-state index in [2.05, 4.69) is 81.5 Å². The van der Waals surface area contributed by atoms with Gasteiger partial charge in [-0.1, -0.05) is 261 Å². The molecule has 0 amide bonds. The van der Waals surface area contributed by atoms with Crippen LogP contribution in [0.2, 0.25) is 0 Å². The summed E-state index contributed by atoms with van der Waals surface area (Å²) in [5.74, 6) is -3.11. The average Bonchev–Trinajstić information content (AvgIpc) is 3.46. The number of carboxylic acids is 1. The maximum absolute atomic E-state index is 13.2. The molecule has 1 heterocycles.